The minimum atomic E-state index is -0.203. The molecule has 120 valence electrons. The summed E-state index contributed by atoms with van der Waals surface area (Å²) in [5, 5.41) is 13.2. The minimum Gasteiger partial charge on any atom is -0.267 e. The van der Waals surface area contributed by atoms with Gasteiger partial charge < -0.3 is 0 Å². The molecule has 0 spiro atoms. The first-order valence-corrected chi connectivity index (χ1v) is 7.85. The van der Waals surface area contributed by atoms with Crippen molar-refractivity contribution in [2.75, 3.05) is 0 Å². The van der Waals surface area contributed by atoms with E-state index in [1.807, 2.05) is 48.5 Å². The SMILES string of the molecule is O=c1c2ccccc2nc2n1nc(Cc1ccccc1)c1nncn12. The van der Waals surface area contributed by atoms with Crippen molar-refractivity contribution in [2.45, 2.75) is 6.42 Å². The zero-order chi connectivity index (χ0) is 16.8. The fourth-order valence-electron chi connectivity index (χ4n) is 3.01. The van der Waals surface area contributed by atoms with Crippen LogP contribution in [0.2, 0.25) is 0 Å². The topological polar surface area (TPSA) is 77.5 Å². The van der Waals surface area contributed by atoms with E-state index in [1.54, 1.807) is 16.8 Å². The van der Waals surface area contributed by atoms with Gasteiger partial charge in [0.15, 0.2) is 5.65 Å². The van der Waals surface area contributed by atoms with Crippen molar-refractivity contribution in [1.82, 2.24) is 29.2 Å². The van der Waals surface area contributed by atoms with Crippen molar-refractivity contribution < 1.29 is 0 Å². The highest BCUT2D eigenvalue weighted by Gasteiger charge is 2.15. The van der Waals surface area contributed by atoms with Crippen LogP contribution < -0.4 is 5.56 Å². The van der Waals surface area contributed by atoms with Gasteiger partial charge in [0, 0.05) is 6.42 Å². The van der Waals surface area contributed by atoms with E-state index in [2.05, 4.69) is 20.3 Å². The summed E-state index contributed by atoms with van der Waals surface area (Å²) in [4.78, 5) is 17.4. The van der Waals surface area contributed by atoms with Crippen molar-refractivity contribution in [3.05, 3.63) is 82.5 Å². The Morgan fingerprint density at radius 2 is 1.76 bits per heavy atom. The monoisotopic (exact) mass is 328 g/mol. The predicted molar refractivity (Wildman–Crippen MR) is 92.6 cm³/mol. The summed E-state index contributed by atoms with van der Waals surface area (Å²) in [7, 11) is 0. The van der Waals surface area contributed by atoms with E-state index in [4.69, 9.17) is 0 Å². The van der Waals surface area contributed by atoms with Crippen LogP contribution in [-0.2, 0) is 6.42 Å². The maximum atomic E-state index is 12.9. The third-order valence-electron chi connectivity index (χ3n) is 4.19. The summed E-state index contributed by atoms with van der Waals surface area (Å²) in [5.74, 6) is 0.403. The minimum absolute atomic E-state index is 0.203. The predicted octanol–water partition coefficient (Wildman–Crippen LogP) is 1.88. The Morgan fingerprint density at radius 3 is 2.64 bits per heavy atom. The lowest BCUT2D eigenvalue weighted by atomic mass is 10.1. The van der Waals surface area contributed by atoms with Crippen LogP contribution in [0.15, 0.2) is 65.7 Å². The van der Waals surface area contributed by atoms with Crippen molar-refractivity contribution in [3.8, 4) is 0 Å². The summed E-state index contributed by atoms with van der Waals surface area (Å²) < 4.78 is 3.04. The zero-order valence-electron chi connectivity index (χ0n) is 13.1. The van der Waals surface area contributed by atoms with Crippen LogP contribution in [0.3, 0.4) is 0 Å². The van der Waals surface area contributed by atoms with E-state index in [0.717, 1.165) is 5.56 Å². The standard InChI is InChI=1S/C18H12N6O/c25-17-13-8-4-5-9-14(13)20-18-23-11-19-21-16(23)15(22-24(17)18)10-12-6-2-1-3-7-12/h1-9,11H,10H2. The third-order valence-corrected chi connectivity index (χ3v) is 4.19. The molecule has 25 heavy (non-hydrogen) atoms. The second-order valence-electron chi connectivity index (χ2n) is 5.78. The molecule has 0 aliphatic rings. The molecular weight excluding hydrogens is 316 g/mol. The maximum absolute atomic E-state index is 12.9. The van der Waals surface area contributed by atoms with Gasteiger partial charge in [0.1, 0.15) is 12.0 Å². The Balaban J connectivity index is 1.86. The Morgan fingerprint density at radius 1 is 0.960 bits per heavy atom. The first-order valence-electron chi connectivity index (χ1n) is 7.85. The molecule has 0 radical (unpaired) electrons. The molecule has 5 aromatic rings. The van der Waals surface area contributed by atoms with Gasteiger partial charge in [0.2, 0.25) is 5.78 Å². The van der Waals surface area contributed by atoms with E-state index in [1.165, 1.54) is 4.52 Å². The van der Waals surface area contributed by atoms with Gasteiger partial charge in [-0.2, -0.15) is 9.61 Å². The van der Waals surface area contributed by atoms with Crippen LogP contribution in [0.5, 0.6) is 0 Å². The van der Waals surface area contributed by atoms with Gasteiger partial charge in [0.05, 0.1) is 10.9 Å². The van der Waals surface area contributed by atoms with Crippen molar-refractivity contribution in [2.24, 2.45) is 0 Å². The normalized spacial score (nSPS) is 11.5. The summed E-state index contributed by atoms with van der Waals surface area (Å²) >= 11 is 0. The molecule has 7 nitrogen and oxygen atoms in total. The molecule has 0 atom stereocenters. The van der Waals surface area contributed by atoms with Gasteiger partial charge in [-0.3, -0.25) is 4.79 Å². The van der Waals surface area contributed by atoms with E-state index < -0.39 is 0 Å². The highest BCUT2D eigenvalue weighted by Crippen LogP contribution is 2.14. The molecule has 0 amide bonds. The molecule has 0 fully saturated rings. The second kappa shape index (κ2) is 5.20. The number of fused-ring (bicyclic) bond motifs is 4. The van der Waals surface area contributed by atoms with E-state index in [0.29, 0.717) is 34.4 Å². The van der Waals surface area contributed by atoms with Crippen LogP contribution in [-0.4, -0.2) is 29.2 Å². The second-order valence-corrected chi connectivity index (χ2v) is 5.78. The summed E-state index contributed by atoms with van der Waals surface area (Å²) in [6, 6.07) is 17.2. The van der Waals surface area contributed by atoms with Gasteiger partial charge in [-0.25, -0.2) is 9.38 Å². The molecule has 0 unspecified atom stereocenters. The van der Waals surface area contributed by atoms with Crippen LogP contribution in [0.1, 0.15) is 11.3 Å². The fraction of sp³-hybridized carbons (Fsp3) is 0.0556. The zero-order valence-corrected chi connectivity index (χ0v) is 13.1. The van der Waals surface area contributed by atoms with Gasteiger partial charge >= 0.3 is 0 Å². The number of aromatic nitrogens is 6. The number of hydrogen-bond donors (Lipinski definition) is 0. The van der Waals surface area contributed by atoms with Gasteiger partial charge in [-0.1, -0.05) is 42.5 Å². The Labute approximate surface area is 141 Å². The van der Waals surface area contributed by atoms with Crippen molar-refractivity contribution in [1.29, 1.82) is 0 Å². The Hall–Kier alpha value is -3.61. The maximum Gasteiger partial charge on any atom is 0.283 e. The van der Waals surface area contributed by atoms with Gasteiger partial charge in [-0.15, -0.1) is 10.2 Å². The Bertz CT molecular complexity index is 1290. The van der Waals surface area contributed by atoms with Crippen molar-refractivity contribution >= 4 is 22.3 Å². The average Bonchev–Trinajstić information content (AvgIpc) is 3.14. The molecule has 0 saturated heterocycles. The lowest BCUT2D eigenvalue weighted by Gasteiger charge is -2.08. The van der Waals surface area contributed by atoms with Crippen LogP contribution in [0, 0.1) is 0 Å². The molecule has 0 saturated carbocycles. The molecule has 7 heteroatoms. The third kappa shape index (κ3) is 2.09. The quantitative estimate of drug-likeness (QED) is 0.462. The fourth-order valence-corrected chi connectivity index (χ4v) is 3.01. The molecule has 0 aliphatic carbocycles. The molecule has 0 N–H and O–H groups in total. The smallest absolute Gasteiger partial charge is 0.267 e. The highest BCUT2D eigenvalue weighted by atomic mass is 16.1. The first kappa shape index (κ1) is 13.8. The van der Waals surface area contributed by atoms with E-state index in [9.17, 15) is 4.79 Å². The average molecular weight is 328 g/mol. The lowest BCUT2D eigenvalue weighted by Crippen LogP contribution is -2.22. The molecule has 0 bridgehead atoms. The van der Waals surface area contributed by atoms with E-state index in [-0.39, 0.29) is 5.56 Å². The summed E-state index contributed by atoms with van der Waals surface area (Å²) in [6.07, 6.45) is 2.11. The largest absolute Gasteiger partial charge is 0.283 e. The summed E-state index contributed by atoms with van der Waals surface area (Å²) in [5.41, 5.74) is 2.79. The first-order chi connectivity index (χ1) is 12.3. The lowest BCUT2D eigenvalue weighted by molar-refractivity contribution is 0.802. The number of hydrogen-bond acceptors (Lipinski definition) is 5. The number of rotatable bonds is 2. The molecule has 5 rings (SSSR count). The highest BCUT2D eigenvalue weighted by molar-refractivity contribution is 5.79. The molecule has 2 aromatic carbocycles. The molecular formula is C18H12N6O. The van der Waals surface area contributed by atoms with Crippen LogP contribution >= 0.6 is 0 Å². The van der Waals surface area contributed by atoms with Crippen LogP contribution in [0.25, 0.3) is 22.3 Å². The van der Waals surface area contributed by atoms with Gasteiger partial charge in [0.25, 0.3) is 5.56 Å². The van der Waals surface area contributed by atoms with Gasteiger partial charge in [-0.05, 0) is 17.7 Å². The van der Waals surface area contributed by atoms with Crippen LogP contribution in [0.4, 0.5) is 0 Å². The molecule has 3 aromatic heterocycles. The number of para-hydroxylation sites is 1. The Kier molecular flexibility index (Phi) is 2.87. The van der Waals surface area contributed by atoms with Crippen molar-refractivity contribution in [3.63, 3.8) is 0 Å². The number of nitrogens with zero attached hydrogens (tertiary/aromatic N) is 6. The molecule has 3 heterocycles. The number of benzene rings is 2. The van der Waals surface area contributed by atoms with E-state index >= 15 is 0 Å². The molecule has 0 aliphatic heterocycles. The summed E-state index contributed by atoms with van der Waals surface area (Å²) in [6.45, 7) is 0.